The molecule has 0 bridgehead atoms. The van der Waals surface area contributed by atoms with Crippen LogP contribution in [-0.2, 0) is 10.2 Å². The zero-order chi connectivity index (χ0) is 25.2. The van der Waals surface area contributed by atoms with Gasteiger partial charge in [0.2, 0.25) is 0 Å². The summed E-state index contributed by atoms with van der Waals surface area (Å²) < 4.78 is 0. The van der Waals surface area contributed by atoms with E-state index in [9.17, 15) is 9.90 Å². The Morgan fingerprint density at radius 2 is 1.88 bits per heavy atom. The van der Waals surface area contributed by atoms with Crippen LogP contribution in [0.25, 0.3) is 11.3 Å². The number of anilines is 1. The lowest BCUT2D eigenvalue weighted by Gasteiger charge is -2.30. The van der Waals surface area contributed by atoms with E-state index in [4.69, 9.17) is 22.3 Å². The van der Waals surface area contributed by atoms with Crippen molar-refractivity contribution in [3.63, 3.8) is 0 Å². The van der Waals surface area contributed by atoms with E-state index in [1.807, 2.05) is 26.0 Å². The molecule has 3 aromatic rings. The minimum atomic E-state index is -1.17. The Morgan fingerprint density at radius 1 is 1.18 bits per heavy atom. The standard InChI is InChI=1S/C27H29ClN4O2/c1-7-8-23(34)27(6,22-12-9-19(14-30-22)18(5)33)24-17(4)31-26(32-25(24)29)16(3)21-11-10-20(28)13-15(21)2/h9-14,33H,3,5,7-8H2,1-2,4,6H3,(H2,29,31,32). The summed E-state index contributed by atoms with van der Waals surface area (Å²) in [5.74, 6) is 0.436. The Hall–Kier alpha value is -3.51. The van der Waals surface area contributed by atoms with Crippen molar-refractivity contribution in [1.82, 2.24) is 15.0 Å². The Morgan fingerprint density at radius 3 is 2.41 bits per heavy atom. The fourth-order valence-corrected chi connectivity index (χ4v) is 4.41. The number of nitrogens with two attached hydrogens (primary N) is 1. The molecule has 1 atom stereocenters. The SMILES string of the molecule is C=C(O)c1ccc(C(C)(C(=O)CCC)c2c(C)nc(C(=C)c3ccc(Cl)cc3C)nc2N)nc1. The van der Waals surface area contributed by atoms with Gasteiger partial charge in [0.15, 0.2) is 5.82 Å². The predicted octanol–water partition coefficient (Wildman–Crippen LogP) is 5.99. The number of nitrogens with zero attached hydrogens (tertiary/aromatic N) is 3. The number of hydrogen-bond acceptors (Lipinski definition) is 6. The Labute approximate surface area is 205 Å². The minimum absolute atomic E-state index is 0.0448. The fourth-order valence-electron chi connectivity index (χ4n) is 4.18. The first-order chi connectivity index (χ1) is 16.0. The summed E-state index contributed by atoms with van der Waals surface area (Å²) >= 11 is 6.09. The normalized spacial score (nSPS) is 12.7. The van der Waals surface area contributed by atoms with E-state index in [0.29, 0.717) is 51.8 Å². The van der Waals surface area contributed by atoms with Crippen LogP contribution in [0.15, 0.2) is 49.7 Å². The minimum Gasteiger partial charge on any atom is -0.508 e. The fraction of sp³-hybridized carbons (Fsp3) is 0.259. The summed E-state index contributed by atoms with van der Waals surface area (Å²) in [6.45, 7) is 15.2. The molecule has 1 unspecified atom stereocenters. The average Bonchev–Trinajstić information content (AvgIpc) is 2.78. The maximum atomic E-state index is 13.5. The molecular formula is C27H29ClN4O2. The van der Waals surface area contributed by atoms with Crippen molar-refractivity contribution < 1.29 is 9.90 Å². The van der Waals surface area contributed by atoms with E-state index in [1.54, 1.807) is 32.0 Å². The molecule has 3 N–H and O–H groups in total. The largest absolute Gasteiger partial charge is 0.508 e. The van der Waals surface area contributed by atoms with Crippen LogP contribution in [0.4, 0.5) is 5.82 Å². The molecule has 0 aliphatic carbocycles. The summed E-state index contributed by atoms with van der Waals surface area (Å²) in [5.41, 5.74) is 9.78. The number of aromatic nitrogens is 3. The monoisotopic (exact) mass is 476 g/mol. The maximum absolute atomic E-state index is 13.5. The number of hydrogen-bond donors (Lipinski definition) is 2. The lowest BCUT2D eigenvalue weighted by molar-refractivity contribution is -0.122. The second-order valence-electron chi connectivity index (χ2n) is 8.51. The van der Waals surface area contributed by atoms with Gasteiger partial charge in [-0.1, -0.05) is 37.7 Å². The zero-order valence-electron chi connectivity index (χ0n) is 19.9. The first-order valence-corrected chi connectivity index (χ1v) is 11.4. The van der Waals surface area contributed by atoms with Gasteiger partial charge in [0.1, 0.15) is 17.4 Å². The molecule has 0 aliphatic heterocycles. The van der Waals surface area contributed by atoms with Crippen LogP contribution in [0.2, 0.25) is 5.02 Å². The van der Waals surface area contributed by atoms with Crippen LogP contribution >= 0.6 is 11.6 Å². The third kappa shape index (κ3) is 4.59. The zero-order valence-corrected chi connectivity index (χ0v) is 20.7. The highest BCUT2D eigenvalue weighted by molar-refractivity contribution is 6.30. The molecule has 2 aromatic heterocycles. The van der Waals surface area contributed by atoms with Gasteiger partial charge in [-0.2, -0.15) is 0 Å². The first-order valence-electron chi connectivity index (χ1n) is 11.0. The number of rotatable bonds is 8. The molecule has 176 valence electrons. The quantitative estimate of drug-likeness (QED) is 0.387. The van der Waals surface area contributed by atoms with Crippen LogP contribution in [0.1, 0.15) is 66.2 Å². The van der Waals surface area contributed by atoms with Crippen molar-refractivity contribution in [3.8, 4) is 0 Å². The first kappa shape index (κ1) is 25.1. The van der Waals surface area contributed by atoms with Gasteiger partial charge in [0, 0.05) is 40.0 Å². The summed E-state index contributed by atoms with van der Waals surface area (Å²) in [6.07, 6.45) is 2.50. The number of nitrogen functional groups attached to an aromatic ring is 1. The van der Waals surface area contributed by atoms with Gasteiger partial charge in [0.05, 0.1) is 11.1 Å². The van der Waals surface area contributed by atoms with Crippen LogP contribution < -0.4 is 5.73 Å². The van der Waals surface area contributed by atoms with Gasteiger partial charge in [-0.3, -0.25) is 9.78 Å². The molecule has 7 heteroatoms. The molecule has 2 heterocycles. The number of carbonyl (C=O) groups is 1. The molecule has 0 saturated heterocycles. The smallest absolute Gasteiger partial charge is 0.161 e. The topological polar surface area (TPSA) is 102 Å². The lowest BCUT2D eigenvalue weighted by Crippen LogP contribution is -2.37. The molecule has 34 heavy (non-hydrogen) atoms. The van der Waals surface area contributed by atoms with Gasteiger partial charge in [-0.05, 0) is 62.6 Å². The number of pyridine rings is 1. The second kappa shape index (κ2) is 9.77. The van der Waals surface area contributed by atoms with Crippen molar-refractivity contribution >= 4 is 34.5 Å². The van der Waals surface area contributed by atoms with E-state index in [-0.39, 0.29) is 17.4 Å². The molecule has 0 radical (unpaired) electrons. The summed E-state index contributed by atoms with van der Waals surface area (Å²) in [6, 6.07) is 8.89. The molecule has 0 spiro atoms. The van der Waals surface area contributed by atoms with Crippen LogP contribution in [0, 0.1) is 13.8 Å². The molecule has 1 aromatic carbocycles. The van der Waals surface area contributed by atoms with E-state index < -0.39 is 5.41 Å². The van der Waals surface area contributed by atoms with Crippen molar-refractivity contribution in [3.05, 3.63) is 94.2 Å². The number of aliphatic hydroxyl groups excluding tert-OH is 1. The lowest BCUT2D eigenvalue weighted by atomic mass is 9.73. The van der Waals surface area contributed by atoms with Crippen molar-refractivity contribution in [2.75, 3.05) is 5.73 Å². The van der Waals surface area contributed by atoms with Gasteiger partial charge in [0.25, 0.3) is 0 Å². The van der Waals surface area contributed by atoms with E-state index in [2.05, 4.69) is 23.1 Å². The summed E-state index contributed by atoms with van der Waals surface area (Å²) in [4.78, 5) is 27.2. The van der Waals surface area contributed by atoms with Gasteiger partial charge < -0.3 is 10.8 Å². The number of benzene rings is 1. The number of halogens is 1. The average molecular weight is 477 g/mol. The van der Waals surface area contributed by atoms with Gasteiger partial charge in [-0.15, -0.1) is 0 Å². The predicted molar refractivity (Wildman–Crippen MR) is 138 cm³/mol. The highest BCUT2D eigenvalue weighted by Gasteiger charge is 2.41. The molecule has 0 fully saturated rings. The van der Waals surface area contributed by atoms with Gasteiger partial charge in [-0.25, -0.2) is 9.97 Å². The summed E-state index contributed by atoms with van der Waals surface area (Å²) in [5, 5.41) is 10.3. The Bertz CT molecular complexity index is 1260. The van der Waals surface area contributed by atoms with Crippen molar-refractivity contribution in [2.24, 2.45) is 0 Å². The molecule has 6 nitrogen and oxygen atoms in total. The number of Topliss-reactive ketones (excluding diaryl/α,β-unsaturated/α-hetero) is 1. The summed E-state index contributed by atoms with van der Waals surface area (Å²) in [7, 11) is 0. The molecule has 0 saturated carbocycles. The Balaban J connectivity index is 2.16. The maximum Gasteiger partial charge on any atom is 0.161 e. The van der Waals surface area contributed by atoms with Crippen LogP contribution in [0.5, 0.6) is 0 Å². The Kier molecular flexibility index (Phi) is 7.22. The van der Waals surface area contributed by atoms with E-state index >= 15 is 0 Å². The van der Waals surface area contributed by atoms with Crippen molar-refractivity contribution in [1.29, 1.82) is 0 Å². The third-order valence-electron chi connectivity index (χ3n) is 6.05. The van der Waals surface area contributed by atoms with Crippen molar-refractivity contribution in [2.45, 2.75) is 46.0 Å². The molecule has 0 aliphatic rings. The number of ketones is 1. The molecular weight excluding hydrogens is 448 g/mol. The van der Waals surface area contributed by atoms with E-state index in [1.165, 1.54) is 6.20 Å². The number of carbonyl (C=O) groups excluding carboxylic acids is 1. The molecule has 3 rings (SSSR count). The highest BCUT2D eigenvalue weighted by Crippen LogP contribution is 2.38. The van der Waals surface area contributed by atoms with Crippen LogP contribution in [-0.4, -0.2) is 25.8 Å². The molecule has 0 amide bonds. The van der Waals surface area contributed by atoms with Gasteiger partial charge >= 0.3 is 0 Å². The number of aryl methyl sites for hydroxylation is 2. The van der Waals surface area contributed by atoms with E-state index in [0.717, 1.165) is 11.1 Å². The highest BCUT2D eigenvalue weighted by atomic mass is 35.5. The van der Waals surface area contributed by atoms with Crippen LogP contribution in [0.3, 0.4) is 0 Å². The second-order valence-corrected chi connectivity index (χ2v) is 8.94. The number of aliphatic hydroxyl groups is 1. The third-order valence-corrected chi connectivity index (χ3v) is 6.28.